The van der Waals surface area contributed by atoms with Crippen LogP contribution in [0.4, 0.5) is 0 Å². The lowest BCUT2D eigenvalue weighted by Crippen LogP contribution is -2.40. The van der Waals surface area contributed by atoms with Gasteiger partial charge < -0.3 is 19.8 Å². The topological polar surface area (TPSA) is 62.0 Å². The van der Waals surface area contributed by atoms with Crippen LogP contribution in [0.25, 0.3) is 0 Å². The number of ether oxygens (including phenoxy) is 1. The molecular weight excluding hydrogens is 467 g/mol. The fourth-order valence-corrected chi connectivity index (χ4v) is 3.21. The highest BCUT2D eigenvalue weighted by Gasteiger charge is 2.16. The number of nitrogens with one attached hydrogen (secondary N) is 2. The molecule has 1 aromatic heterocycles. The van der Waals surface area contributed by atoms with Crippen LogP contribution >= 0.6 is 24.0 Å². The fourth-order valence-electron chi connectivity index (χ4n) is 3.21. The van der Waals surface area contributed by atoms with E-state index in [1.165, 1.54) is 11.1 Å². The molecule has 6 nitrogen and oxygen atoms in total. The molecule has 1 unspecified atom stereocenters. The number of rotatable bonds is 7. The Balaban J connectivity index is 0.00000280. The molecule has 1 atom stereocenters. The maximum absolute atomic E-state index is 5.63. The summed E-state index contributed by atoms with van der Waals surface area (Å²) in [5.41, 5.74) is 2.54. The number of halogens is 1. The molecule has 0 bridgehead atoms. The summed E-state index contributed by atoms with van der Waals surface area (Å²) in [6.07, 6.45) is 2.00. The Morgan fingerprint density at radius 2 is 2.07 bits per heavy atom. The van der Waals surface area contributed by atoms with Gasteiger partial charge in [0, 0.05) is 26.2 Å². The monoisotopic (exact) mass is 498 g/mol. The van der Waals surface area contributed by atoms with Gasteiger partial charge in [0.1, 0.15) is 5.76 Å². The third kappa shape index (κ3) is 7.44. The first-order valence-corrected chi connectivity index (χ1v) is 9.69. The highest BCUT2D eigenvalue weighted by Crippen LogP contribution is 2.12. The molecule has 0 radical (unpaired) electrons. The van der Waals surface area contributed by atoms with E-state index in [1.807, 2.05) is 12.1 Å². The van der Waals surface area contributed by atoms with E-state index in [-0.39, 0.29) is 24.0 Å². The third-order valence-electron chi connectivity index (χ3n) is 4.50. The standard InChI is InChI=1S/C21H30N4O2.HI/c1-3-22-21(24-14-20-8-5-10-27-20)23-13-18-6-4-7-19(12-18)16-25-9-11-26-17(2)15-25;/h4-8,10,12,17H,3,9,11,13-16H2,1-2H3,(H2,22,23,24);1H. The van der Waals surface area contributed by atoms with Gasteiger partial charge in [-0.2, -0.15) is 0 Å². The number of furan rings is 1. The summed E-state index contributed by atoms with van der Waals surface area (Å²) in [5, 5.41) is 6.58. The minimum atomic E-state index is 0. The van der Waals surface area contributed by atoms with Crippen LogP contribution in [-0.2, 0) is 24.4 Å². The molecule has 0 aliphatic carbocycles. The molecule has 1 fully saturated rings. The summed E-state index contributed by atoms with van der Waals surface area (Å²) in [7, 11) is 0. The highest BCUT2D eigenvalue weighted by molar-refractivity contribution is 14.0. The summed E-state index contributed by atoms with van der Waals surface area (Å²) < 4.78 is 11.0. The SMILES string of the molecule is CCNC(=NCc1cccc(CN2CCOC(C)C2)c1)NCc1ccco1.I. The van der Waals surface area contributed by atoms with E-state index in [9.17, 15) is 0 Å². The second-order valence-electron chi connectivity index (χ2n) is 6.86. The van der Waals surface area contributed by atoms with Crippen molar-refractivity contribution in [1.82, 2.24) is 15.5 Å². The van der Waals surface area contributed by atoms with Crippen LogP contribution in [0.5, 0.6) is 0 Å². The molecule has 1 aliphatic rings. The number of hydrogen-bond acceptors (Lipinski definition) is 4. The van der Waals surface area contributed by atoms with E-state index in [0.29, 0.717) is 19.2 Å². The lowest BCUT2D eigenvalue weighted by atomic mass is 10.1. The minimum absolute atomic E-state index is 0. The quantitative estimate of drug-likeness (QED) is 0.348. The van der Waals surface area contributed by atoms with Crippen molar-refractivity contribution in [3.63, 3.8) is 0 Å². The summed E-state index contributed by atoms with van der Waals surface area (Å²) in [5.74, 6) is 1.68. The minimum Gasteiger partial charge on any atom is -0.467 e. The maximum atomic E-state index is 5.63. The van der Waals surface area contributed by atoms with Crippen molar-refractivity contribution >= 4 is 29.9 Å². The third-order valence-corrected chi connectivity index (χ3v) is 4.50. The Bertz CT molecular complexity index is 721. The number of benzene rings is 1. The zero-order valence-electron chi connectivity index (χ0n) is 16.7. The molecule has 2 heterocycles. The van der Waals surface area contributed by atoms with Gasteiger partial charge in [-0.1, -0.05) is 24.3 Å². The summed E-state index contributed by atoms with van der Waals surface area (Å²) in [4.78, 5) is 7.15. The molecule has 0 amide bonds. The second kappa shape index (κ2) is 12.1. The van der Waals surface area contributed by atoms with E-state index < -0.39 is 0 Å². The van der Waals surface area contributed by atoms with Crippen molar-refractivity contribution in [2.24, 2.45) is 4.99 Å². The first kappa shape index (κ1) is 22.7. The van der Waals surface area contributed by atoms with Crippen molar-refractivity contribution in [2.45, 2.75) is 39.6 Å². The predicted molar refractivity (Wildman–Crippen MR) is 123 cm³/mol. The van der Waals surface area contributed by atoms with Gasteiger partial charge in [0.2, 0.25) is 0 Å². The lowest BCUT2D eigenvalue weighted by molar-refractivity contribution is -0.0212. The molecule has 0 spiro atoms. The van der Waals surface area contributed by atoms with E-state index in [0.717, 1.165) is 44.5 Å². The van der Waals surface area contributed by atoms with Gasteiger partial charge in [-0.05, 0) is 37.1 Å². The maximum Gasteiger partial charge on any atom is 0.191 e. The van der Waals surface area contributed by atoms with Crippen LogP contribution in [0.2, 0.25) is 0 Å². The number of guanidine groups is 1. The summed E-state index contributed by atoms with van der Waals surface area (Å²) in [6, 6.07) is 12.5. The van der Waals surface area contributed by atoms with Crippen LogP contribution in [0, 0.1) is 0 Å². The molecule has 1 aromatic carbocycles. The van der Waals surface area contributed by atoms with Crippen LogP contribution < -0.4 is 10.6 Å². The lowest BCUT2D eigenvalue weighted by Gasteiger charge is -2.31. The Hall–Kier alpha value is -1.58. The Kier molecular flexibility index (Phi) is 9.80. The van der Waals surface area contributed by atoms with Crippen molar-refractivity contribution in [2.75, 3.05) is 26.2 Å². The molecule has 3 rings (SSSR count). The van der Waals surface area contributed by atoms with Crippen LogP contribution in [0.3, 0.4) is 0 Å². The largest absolute Gasteiger partial charge is 0.467 e. The van der Waals surface area contributed by atoms with E-state index >= 15 is 0 Å². The molecule has 28 heavy (non-hydrogen) atoms. The zero-order valence-corrected chi connectivity index (χ0v) is 19.0. The molecule has 2 aromatic rings. The molecule has 1 aliphatic heterocycles. The summed E-state index contributed by atoms with van der Waals surface area (Å²) in [6.45, 7) is 10.0. The first-order valence-electron chi connectivity index (χ1n) is 9.69. The van der Waals surface area contributed by atoms with Gasteiger partial charge in [0.15, 0.2) is 5.96 Å². The molecule has 2 N–H and O–H groups in total. The first-order chi connectivity index (χ1) is 13.2. The van der Waals surface area contributed by atoms with Crippen molar-refractivity contribution in [3.8, 4) is 0 Å². The average molecular weight is 498 g/mol. The second-order valence-corrected chi connectivity index (χ2v) is 6.86. The van der Waals surface area contributed by atoms with Crippen molar-refractivity contribution in [1.29, 1.82) is 0 Å². The van der Waals surface area contributed by atoms with Crippen LogP contribution in [0.15, 0.2) is 52.1 Å². The van der Waals surface area contributed by atoms with Crippen molar-refractivity contribution in [3.05, 3.63) is 59.5 Å². The van der Waals surface area contributed by atoms with Crippen molar-refractivity contribution < 1.29 is 9.15 Å². The van der Waals surface area contributed by atoms with E-state index in [1.54, 1.807) is 6.26 Å². The molecule has 7 heteroatoms. The highest BCUT2D eigenvalue weighted by atomic mass is 127. The molecule has 154 valence electrons. The molecular formula is C21H31IN4O2. The predicted octanol–water partition coefficient (Wildman–Crippen LogP) is 3.37. The fraction of sp³-hybridized carbons (Fsp3) is 0.476. The smallest absolute Gasteiger partial charge is 0.191 e. The van der Waals surface area contributed by atoms with Gasteiger partial charge in [0.05, 0.1) is 32.1 Å². The van der Waals surface area contributed by atoms with Crippen LogP contribution in [0.1, 0.15) is 30.7 Å². The molecule has 1 saturated heterocycles. The number of hydrogen-bond donors (Lipinski definition) is 2. The normalized spacial score (nSPS) is 17.8. The van der Waals surface area contributed by atoms with Gasteiger partial charge in [-0.3, -0.25) is 4.90 Å². The van der Waals surface area contributed by atoms with Gasteiger partial charge >= 0.3 is 0 Å². The number of nitrogens with zero attached hydrogens (tertiary/aromatic N) is 2. The Labute approximate surface area is 184 Å². The Morgan fingerprint density at radius 3 is 2.82 bits per heavy atom. The average Bonchev–Trinajstić information content (AvgIpc) is 3.18. The molecule has 0 saturated carbocycles. The van der Waals surface area contributed by atoms with Gasteiger partial charge in [-0.15, -0.1) is 24.0 Å². The van der Waals surface area contributed by atoms with E-state index in [2.05, 4.69) is 53.6 Å². The number of aliphatic imine (C=N–C) groups is 1. The summed E-state index contributed by atoms with van der Waals surface area (Å²) >= 11 is 0. The van der Waals surface area contributed by atoms with Gasteiger partial charge in [0.25, 0.3) is 0 Å². The van der Waals surface area contributed by atoms with E-state index in [4.69, 9.17) is 14.1 Å². The number of morpholine rings is 1. The zero-order chi connectivity index (χ0) is 18.9. The van der Waals surface area contributed by atoms with Gasteiger partial charge in [-0.25, -0.2) is 4.99 Å². The Morgan fingerprint density at radius 1 is 1.21 bits per heavy atom. The van der Waals surface area contributed by atoms with Crippen LogP contribution in [-0.4, -0.2) is 43.2 Å².